The number of carboxylic acid groups (broad SMARTS) is 1. The van der Waals surface area contributed by atoms with Crippen LogP contribution in [0.15, 0.2) is 48.5 Å². The van der Waals surface area contributed by atoms with E-state index >= 15 is 0 Å². The smallest absolute Gasteiger partial charge is 0.407 e. The molecule has 1 unspecified atom stereocenters. The second-order valence-electron chi connectivity index (χ2n) is 9.47. The number of hydrogen-bond donors (Lipinski definition) is 2. The molecule has 0 aromatic heterocycles. The predicted octanol–water partition coefficient (Wildman–Crippen LogP) is 4.26. The molecule has 0 saturated carbocycles. The van der Waals surface area contributed by atoms with Crippen LogP contribution in [0.5, 0.6) is 0 Å². The molecule has 0 bridgehead atoms. The van der Waals surface area contributed by atoms with Gasteiger partial charge in [-0.25, -0.2) is 4.79 Å². The van der Waals surface area contributed by atoms with E-state index in [9.17, 15) is 14.4 Å². The van der Waals surface area contributed by atoms with Crippen LogP contribution in [0.2, 0.25) is 0 Å². The zero-order valence-electron chi connectivity index (χ0n) is 19.5. The largest absolute Gasteiger partial charge is 0.481 e. The fourth-order valence-corrected chi connectivity index (χ4v) is 4.90. The van der Waals surface area contributed by atoms with Gasteiger partial charge in [0.15, 0.2) is 0 Å². The van der Waals surface area contributed by atoms with Crippen molar-refractivity contribution >= 4 is 18.0 Å². The predicted molar refractivity (Wildman–Crippen MR) is 128 cm³/mol. The highest BCUT2D eigenvalue weighted by molar-refractivity contribution is 5.79. The van der Waals surface area contributed by atoms with Crippen LogP contribution in [-0.2, 0) is 14.3 Å². The van der Waals surface area contributed by atoms with Crippen LogP contribution in [-0.4, -0.2) is 54.2 Å². The summed E-state index contributed by atoms with van der Waals surface area (Å²) in [6.07, 6.45) is 1.58. The van der Waals surface area contributed by atoms with Crippen molar-refractivity contribution in [2.75, 3.05) is 26.2 Å². The molecule has 7 nitrogen and oxygen atoms in total. The molecule has 1 saturated heterocycles. The minimum atomic E-state index is -0.773. The maximum Gasteiger partial charge on any atom is 0.407 e. The number of nitrogens with zero attached hydrogens (tertiary/aromatic N) is 1. The Hall–Kier alpha value is -3.35. The lowest BCUT2D eigenvalue weighted by atomic mass is 9.93. The van der Waals surface area contributed by atoms with E-state index in [0.29, 0.717) is 38.4 Å². The molecule has 34 heavy (non-hydrogen) atoms. The first-order valence-electron chi connectivity index (χ1n) is 12.0. The maximum atomic E-state index is 12.4. The molecule has 7 heteroatoms. The lowest BCUT2D eigenvalue weighted by Gasteiger charge is -2.40. The molecule has 2 aliphatic rings. The van der Waals surface area contributed by atoms with E-state index in [1.165, 1.54) is 22.3 Å². The van der Waals surface area contributed by atoms with Gasteiger partial charge in [-0.2, -0.15) is 0 Å². The van der Waals surface area contributed by atoms with Crippen LogP contribution in [0.4, 0.5) is 4.79 Å². The van der Waals surface area contributed by atoms with Gasteiger partial charge in [0.2, 0.25) is 5.91 Å². The summed E-state index contributed by atoms with van der Waals surface area (Å²) >= 11 is 0. The highest BCUT2D eigenvalue weighted by atomic mass is 16.5. The maximum absolute atomic E-state index is 12.4. The Bertz CT molecular complexity index is 1000. The number of ether oxygens (including phenoxy) is 1. The molecule has 2 aromatic rings. The van der Waals surface area contributed by atoms with Crippen LogP contribution in [0, 0.1) is 11.8 Å². The summed E-state index contributed by atoms with van der Waals surface area (Å²) in [5.74, 6) is -0.273. The molecule has 2 amide bonds. The minimum absolute atomic E-state index is 0.000886. The van der Waals surface area contributed by atoms with Crippen LogP contribution < -0.4 is 5.32 Å². The van der Waals surface area contributed by atoms with Crippen LogP contribution in [0.1, 0.15) is 49.7 Å². The van der Waals surface area contributed by atoms with Crippen molar-refractivity contribution in [3.8, 4) is 11.1 Å². The Morgan fingerprint density at radius 3 is 2.29 bits per heavy atom. The first-order valence-corrected chi connectivity index (χ1v) is 12.0. The number of carbonyl (C=O) groups is 3. The number of likely N-dealkylation sites (tertiary alicyclic amines) is 1. The van der Waals surface area contributed by atoms with Crippen LogP contribution >= 0.6 is 0 Å². The molecular weight excluding hydrogens is 432 g/mol. The summed E-state index contributed by atoms with van der Waals surface area (Å²) in [6, 6.07) is 16.4. The van der Waals surface area contributed by atoms with E-state index in [1.807, 2.05) is 36.1 Å². The zero-order chi connectivity index (χ0) is 24.1. The Labute approximate surface area is 200 Å². The van der Waals surface area contributed by atoms with Gasteiger partial charge in [-0.1, -0.05) is 55.5 Å². The third kappa shape index (κ3) is 5.58. The molecule has 4 rings (SSSR count). The average Bonchev–Trinajstić information content (AvgIpc) is 3.11. The molecule has 2 N–H and O–H groups in total. The highest BCUT2D eigenvalue weighted by Crippen LogP contribution is 2.44. The number of benzene rings is 2. The molecule has 0 radical (unpaired) electrons. The topological polar surface area (TPSA) is 95.9 Å². The lowest BCUT2D eigenvalue weighted by molar-refractivity contribution is -0.140. The summed E-state index contributed by atoms with van der Waals surface area (Å²) in [4.78, 5) is 37.2. The van der Waals surface area contributed by atoms with E-state index in [-0.39, 0.29) is 30.8 Å². The van der Waals surface area contributed by atoms with Crippen molar-refractivity contribution < 1.29 is 24.2 Å². The summed E-state index contributed by atoms with van der Waals surface area (Å²) in [5.41, 5.74) is 4.72. The number of amides is 2. The van der Waals surface area contributed by atoms with Gasteiger partial charge in [0.25, 0.3) is 0 Å². The number of alkyl carbamates (subject to hydrolysis) is 1. The fraction of sp³-hybridized carbons (Fsp3) is 0.444. The van der Waals surface area contributed by atoms with E-state index in [2.05, 4.69) is 29.6 Å². The van der Waals surface area contributed by atoms with Crippen molar-refractivity contribution in [3.63, 3.8) is 0 Å². The van der Waals surface area contributed by atoms with Crippen molar-refractivity contribution in [2.45, 2.75) is 38.5 Å². The number of rotatable bonds is 10. The molecule has 0 spiro atoms. The number of aliphatic carboxylic acids is 1. The standard InChI is InChI=1S/C27H32N2O5/c1-18(13-25(30)29-15-19(16-29)7-6-12-26(31)32)14-28-27(33)34-17-24-22-10-4-2-8-20(22)21-9-3-5-11-23(21)24/h2-5,8-11,18-19,24H,6-7,12-17H2,1H3,(H,28,33)(H,31,32). The second-order valence-corrected chi connectivity index (χ2v) is 9.47. The van der Waals surface area contributed by atoms with Crippen LogP contribution in [0.25, 0.3) is 11.1 Å². The van der Waals surface area contributed by atoms with Crippen molar-refractivity contribution in [3.05, 3.63) is 59.7 Å². The lowest BCUT2D eigenvalue weighted by Crippen LogP contribution is -2.50. The number of carboxylic acids is 1. The van der Waals surface area contributed by atoms with Gasteiger partial charge in [0.1, 0.15) is 6.61 Å². The van der Waals surface area contributed by atoms with E-state index < -0.39 is 12.1 Å². The molecule has 2 aromatic carbocycles. The molecular formula is C27H32N2O5. The van der Waals surface area contributed by atoms with Gasteiger partial charge in [0, 0.05) is 38.4 Å². The second kappa shape index (κ2) is 10.7. The third-order valence-corrected chi connectivity index (χ3v) is 6.77. The zero-order valence-corrected chi connectivity index (χ0v) is 19.5. The Morgan fingerprint density at radius 1 is 1.06 bits per heavy atom. The third-order valence-electron chi connectivity index (χ3n) is 6.77. The van der Waals surface area contributed by atoms with Gasteiger partial charge >= 0.3 is 12.1 Å². The quantitative estimate of drug-likeness (QED) is 0.548. The molecule has 1 aliphatic heterocycles. The minimum Gasteiger partial charge on any atom is -0.481 e. The Kier molecular flexibility index (Phi) is 7.50. The Balaban J connectivity index is 1.17. The summed E-state index contributed by atoms with van der Waals surface area (Å²) < 4.78 is 5.56. The number of carbonyl (C=O) groups excluding carboxylic acids is 2. The van der Waals surface area contributed by atoms with Gasteiger partial charge in [0.05, 0.1) is 0 Å². The van der Waals surface area contributed by atoms with Crippen molar-refractivity contribution in [1.29, 1.82) is 0 Å². The molecule has 1 atom stereocenters. The van der Waals surface area contributed by atoms with Gasteiger partial charge in [-0.3, -0.25) is 9.59 Å². The number of fused-ring (bicyclic) bond motifs is 3. The highest BCUT2D eigenvalue weighted by Gasteiger charge is 2.31. The first-order chi connectivity index (χ1) is 16.4. The van der Waals surface area contributed by atoms with Crippen molar-refractivity contribution in [1.82, 2.24) is 10.2 Å². The number of nitrogens with one attached hydrogen (secondary N) is 1. The molecule has 1 fully saturated rings. The summed E-state index contributed by atoms with van der Waals surface area (Å²) in [6.45, 7) is 3.98. The number of hydrogen-bond acceptors (Lipinski definition) is 4. The average molecular weight is 465 g/mol. The SMILES string of the molecule is CC(CNC(=O)OCC1c2ccccc2-c2ccccc21)CC(=O)N1CC(CCCC(=O)O)C1. The van der Waals surface area contributed by atoms with Gasteiger partial charge < -0.3 is 20.1 Å². The molecule has 180 valence electrons. The van der Waals surface area contributed by atoms with E-state index in [0.717, 1.165) is 6.42 Å². The normalized spacial score (nSPS) is 15.7. The van der Waals surface area contributed by atoms with Gasteiger partial charge in [-0.15, -0.1) is 0 Å². The summed E-state index contributed by atoms with van der Waals surface area (Å²) in [7, 11) is 0. The monoisotopic (exact) mass is 464 g/mol. The van der Waals surface area contributed by atoms with Crippen molar-refractivity contribution in [2.24, 2.45) is 11.8 Å². The first kappa shape index (κ1) is 23.8. The van der Waals surface area contributed by atoms with Crippen LogP contribution in [0.3, 0.4) is 0 Å². The van der Waals surface area contributed by atoms with E-state index in [4.69, 9.17) is 9.84 Å². The molecule has 1 aliphatic carbocycles. The van der Waals surface area contributed by atoms with Gasteiger partial charge in [-0.05, 0) is 46.9 Å². The molecule has 1 heterocycles. The summed E-state index contributed by atoms with van der Waals surface area (Å²) in [5, 5.41) is 11.5. The fourth-order valence-electron chi connectivity index (χ4n) is 4.90. The van der Waals surface area contributed by atoms with E-state index in [1.54, 1.807) is 0 Å². The Morgan fingerprint density at radius 2 is 1.68 bits per heavy atom.